The Kier molecular flexibility index (Phi) is 8.03. The molecule has 3 rings (SSSR count). The lowest BCUT2D eigenvalue weighted by atomic mass is 10.0. The number of ether oxygens (including phenoxy) is 1. The minimum absolute atomic E-state index is 0.102. The van der Waals surface area contributed by atoms with E-state index in [0.29, 0.717) is 22.3 Å². The average Bonchev–Trinajstić information content (AvgIpc) is 3.21. The summed E-state index contributed by atoms with van der Waals surface area (Å²) in [5.74, 6) is -1.44. The fraction of sp³-hybridized carbons (Fsp3) is 0.346. The Hall–Kier alpha value is -3.61. The molecule has 2 amide bonds. The number of nitrogens with one attached hydrogen (secondary N) is 2. The van der Waals surface area contributed by atoms with E-state index in [2.05, 4.69) is 10.9 Å². The van der Waals surface area contributed by atoms with E-state index in [1.54, 1.807) is 39.8 Å². The van der Waals surface area contributed by atoms with Gasteiger partial charge in [0.2, 0.25) is 0 Å². The van der Waals surface area contributed by atoms with Crippen LogP contribution in [-0.4, -0.2) is 23.4 Å². The standard InChI is InChI=1S/C24H26N2O5.C2H6/c1-13-7-8-14(2)20-18(13)12-19(30-20)22(28)26-25-21(27)17-10-9-16(11-15(17)3)23(29)31-24(4,5)6;1-2/h7-12H,1-6H3,(H,25,27)(H,26,28);1-2H3. The minimum atomic E-state index is -0.612. The molecule has 0 bridgehead atoms. The van der Waals surface area contributed by atoms with Crippen LogP contribution in [0.3, 0.4) is 0 Å². The Morgan fingerprint density at radius 2 is 1.42 bits per heavy atom. The zero-order chi connectivity index (χ0) is 24.9. The molecular formula is C26H32N2O5. The van der Waals surface area contributed by atoms with E-state index < -0.39 is 23.4 Å². The van der Waals surface area contributed by atoms with Crippen LogP contribution in [0.2, 0.25) is 0 Å². The van der Waals surface area contributed by atoms with Crippen LogP contribution in [0.5, 0.6) is 0 Å². The van der Waals surface area contributed by atoms with Gasteiger partial charge in [0.25, 0.3) is 5.91 Å². The lowest BCUT2D eigenvalue weighted by Crippen LogP contribution is -2.41. The second-order valence-electron chi connectivity index (χ2n) is 8.49. The van der Waals surface area contributed by atoms with Gasteiger partial charge in [-0.05, 0) is 82.5 Å². The van der Waals surface area contributed by atoms with Crippen LogP contribution >= 0.6 is 0 Å². The summed E-state index contributed by atoms with van der Waals surface area (Å²) in [7, 11) is 0. The van der Waals surface area contributed by atoms with Crippen molar-refractivity contribution in [2.24, 2.45) is 0 Å². The predicted molar refractivity (Wildman–Crippen MR) is 128 cm³/mol. The van der Waals surface area contributed by atoms with Crippen LogP contribution in [0.4, 0.5) is 0 Å². The summed E-state index contributed by atoms with van der Waals surface area (Å²) in [5.41, 5.74) is 7.94. The summed E-state index contributed by atoms with van der Waals surface area (Å²) >= 11 is 0. The van der Waals surface area contributed by atoms with Crippen molar-refractivity contribution in [3.05, 3.63) is 70.0 Å². The van der Waals surface area contributed by atoms with E-state index >= 15 is 0 Å². The van der Waals surface area contributed by atoms with Gasteiger partial charge in [-0.1, -0.05) is 26.0 Å². The lowest BCUT2D eigenvalue weighted by Gasteiger charge is -2.19. The number of carbonyl (C=O) groups excluding carboxylic acids is 3. The molecule has 176 valence electrons. The number of benzene rings is 2. The van der Waals surface area contributed by atoms with Crippen LogP contribution in [0.25, 0.3) is 11.0 Å². The number of hydrazine groups is 1. The second kappa shape index (κ2) is 10.3. The molecule has 7 heteroatoms. The van der Waals surface area contributed by atoms with Gasteiger partial charge in [-0.15, -0.1) is 0 Å². The fourth-order valence-corrected chi connectivity index (χ4v) is 3.13. The molecule has 1 heterocycles. The van der Waals surface area contributed by atoms with Crippen molar-refractivity contribution in [1.29, 1.82) is 0 Å². The molecule has 0 atom stereocenters. The third-order valence-corrected chi connectivity index (χ3v) is 4.72. The maximum atomic E-state index is 12.5. The maximum absolute atomic E-state index is 12.5. The summed E-state index contributed by atoms with van der Waals surface area (Å²) in [4.78, 5) is 37.2. The third-order valence-electron chi connectivity index (χ3n) is 4.72. The lowest BCUT2D eigenvalue weighted by molar-refractivity contribution is 0.00691. The van der Waals surface area contributed by atoms with Gasteiger partial charge in [-0.2, -0.15) is 0 Å². The predicted octanol–water partition coefficient (Wildman–Crippen LogP) is 5.41. The number of furan rings is 1. The van der Waals surface area contributed by atoms with Crippen molar-refractivity contribution in [2.75, 3.05) is 0 Å². The molecule has 7 nitrogen and oxygen atoms in total. The Morgan fingerprint density at radius 1 is 0.818 bits per heavy atom. The quantitative estimate of drug-likeness (QED) is 0.409. The maximum Gasteiger partial charge on any atom is 0.338 e. The smallest absolute Gasteiger partial charge is 0.338 e. The van der Waals surface area contributed by atoms with E-state index in [-0.39, 0.29) is 5.76 Å². The first-order chi connectivity index (χ1) is 15.5. The van der Waals surface area contributed by atoms with Crippen molar-refractivity contribution in [1.82, 2.24) is 10.9 Å². The van der Waals surface area contributed by atoms with Crippen molar-refractivity contribution >= 4 is 28.8 Å². The minimum Gasteiger partial charge on any atom is -0.456 e. The van der Waals surface area contributed by atoms with Gasteiger partial charge in [-0.25, -0.2) is 4.79 Å². The molecule has 0 saturated carbocycles. The molecule has 2 aromatic carbocycles. The number of fused-ring (bicyclic) bond motifs is 1. The first kappa shape index (κ1) is 25.6. The molecule has 0 aliphatic heterocycles. The van der Waals surface area contributed by atoms with Gasteiger partial charge in [0.1, 0.15) is 11.2 Å². The number of amides is 2. The molecule has 0 unspecified atom stereocenters. The Morgan fingerprint density at radius 3 is 2.00 bits per heavy atom. The summed E-state index contributed by atoms with van der Waals surface area (Å²) in [6.07, 6.45) is 0. The molecule has 0 radical (unpaired) electrons. The highest BCUT2D eigenvalue weighted by molar-refractivity contribution is 6.01. The number of carbonyl (C=O) groups is 3. The molecule has 33 heavy (non-hydrogen) atoms. The van der Waals surface area contributed by atoms with Gasteiger partial charge in [0, 0.05) is 10.9 Å². The molecular weight excluding hydrogens is 420 g/mol. The SMILES string of the molecule is CC.Cc1cc(C(=O)OC(C)(C)C)ccc1C(=O)NNC(=O)c1cc2c(C)ccc(C)c2o1. The van der Waals surface area contributed by atoms with E-state index in [0.717, 1.165) is 16.5 Å². The molecule has 0 spiro atoms. The van der Waals surface area contributed by atoms with E-state index in [1.807, 2.05) is 39.8 Å². The van der Waals surface area contributed by atoms with Crippen molar-refractivity contribution in [2.45, 2.75) is 61.0 Å². The highest BCUT2D eigenvalue weighted by Gasteiger charge is 2.20. The summed E-state index contributed by atoms with van der Waals surface area (Å²) in [6.45, 7) is 14.9. The number of aryl methyl sites for hydroxylation is 3. The monoisotopic (exact) mass is 452 g/mol. The van der Waals surface area contributed by atoms with Crippen LogP contribution < -0.4 is 10.9 Å². The zero-order valence-corrected chi connectivity index (χ0v) is 20.5. The van der Waals surface area contributed by atoms with E-state index in [4.69, 9.17) is 9.15 Å². The van der Waals surface area contributed by atoms with Crippen LogP contribution in [-0.2, 0) is 4.74 Å². The highest BCUT2D eigenvalue weighted by Crippen LogP contribution is 2.25. The van der Waals surface area contributed by atoms with Crippen LogP contribution in [0.1, 0.15) is 82.6 Å². The normalized spacial score (nSPS) is 10.8. The average molecular weight is 453 g/mol. The molecule has 0 saturated heterocycles. The van der Waals surface area contributed by atoms with Crippen molar-refractivity contribution < 1.29 is 23.5 Å². The molecule has 0 fully saturated rings. The second-order valence-corrected chi connectivity index (χ2v) is 8.49. The topological polar surface area (TPSA) is 97.6 Å². The van der Waals surface area contributed by atoms with Gasteiger partial charge in [-0.3, -0.25) is 20.4 Å². The van der Waals surface area contributed by atoms with Gasteiger partial charge in [0.15, 0.2) is 5.76 Å². The Labute approximate surface area is 194 Å². The molecule has 0 aliphatic rings. The molecule has 3 aromatic rings. The summed E-state index contributed by atoms with van der Waals surface area (Å²) in [6, 6.07) is 10.1. The first-order valence-electron chi connectivity index (χ1n) is 10.9. The number of esters is 1. The molecule has 2 N–H and O–H groups in total. The molecule has 0 aliphatic carbocycles. The number of rotatable bonds is 3. The number of hydrogen-bond donors (Lipinski definition) is 2. The third kappa shape index (κ3) is 6.22. The Balaban J connectivity index is 0.00000187. The van der Waals surface area contributed by atoms with Crippen molar-refractivity contribution in [3.63, 3.8) is 0 Å². The van der Waals surface area contributed by atoms with Gasteiger partial charge in [0.05, 0.1) is 5.56 Å². The molecule has 1 aromatic heterocycles. The van der Waals surface area contributed by atoms with Crippen LogP contribution in [0.15, 0.2) is 40.8 Å². The van der Waals surface area contributed by atoms with E-state index in [1.165, 1.54) is 12.1 Å². The summed E-state index contributed by atoms with van der Waals surface area (Å²) in [5, 5.41) is 0.852. The van der Waals surface area contributed by atoms with E-state index in [9.17, 15) is 14.4 Å². The largest absolute Gasteiger partial charge is 0.456 e. The highest BCUT2D eigenvalue weighted by atomic mass is 16.6. The van der Waals surface area contributed by atoms with Crippen LogP contribution in [0, 0.1) is 20.8 Å². The van der Waals surface area contributed by atoms with Crippen molar-refractivity contribution in [3.8, 4) is 0 Å². The van der Waals surface area contributed by atoms with Gasteiger partial charge >= 0.3 is 11.9 Å². The summed E-state index contributed by atoms with van der Waals surface area (Å²) < 4.78 is 11.0. The zero-order valence-electron chi connectivity index (χ0n) is 20.5. The van der Waals surface area contributed by atoms with Gasteiger partial charge < -0.3 is 9.15 Å². The first-order valence-corrected chi connectivity index (χ1v) is 10.9. The Bertz CT molecular complexity index is 1150. The number of hydrogen-bond acceptors (Lipinski definition) is 5. The fourth-order valence-electron chi connectivity index (χ4n) is 3.13.